The molecule has 0 saturated heterocycles. The fourth-order valence-corrected chi connectivity index (χ4v) is 4.52. The second-order valence-electron chi connectivity index (χ2n) is 6.07. The Morgan fingerprint density at radius 3 is 2.54 bits per heavy atom. The van der Waals surface area contributed by atoms with Crippen molar-refractivity contribution in [2.75, 3.05) is 29.4 Å². The molecule has 9 heteroatoms. The summed E-state index contributed by atoms with van der Waals surface area (Å²) in [5.41, 5.74) is 0.919. The zero-order chi connectivity index (χ0) is 20.6. The van der Waals surface area contributed by atoms with Gasteiger partial charge in [-0.2, -0.15) is 11.8 Å². The van der Waals surface area contributed by atoms with Gasteiger partial charge in [0, 0.05) is 17.3 Å². The number of carbonyl (C=O) groups excluding carboxylic acids is 1. The maximum Gasteiger partial charge on any atom is 0.240 e. The van der Waals surface area contributed by atoms with Crippen molar-refractivity contribution >= 4 is 45.0 Å². The molecule has 0 radical (unpaired) electrons. The minimum absolute atomic E-state index is 0.143. The van der Waals surface area contributed by atoms with E-state index in [1.54, 1.807) is 11.8 Å². The van der Waals surface area contributed by atoms with Gasteiger partial charge in [-0.1, -0.05) is 41.9 Å². The molecule has 0 saturated carbocycles. The minimum atomic E-state index is -3.79. The summed E-state index contributed by atoms with van der Waals surface area (Å²) in [4.78, 5) is 12.1. The van der Waals surface area contributed by atoms with E-state index in [0.29, 0.717) is 6.54 Å². The van der Waals surface area contributed by atoms with Gasteiger partial charge in [-0.05, 0) is 35.9 Å². The SMILES string of the molecule is CS(=O)(=O)N(CC(=O)NCCCSCc1ccccc1Cl)c1ccccc1F. The van der Waals surface area contributed by atoms with Crippen LogP contribution in [0.15, 0.2) is 48.5 Å². The zero-order valence-corrected chi connectivity index (χ0v) is 17.8. The topological polar surface area (TPSA) is 66.5 Å². The quantitative estimate of drug-likeness (QED) is 0.567. The smallest absolute Gasteiger partial charge is 0.240 e. The highest BCUT2D eigenvalue weighted by Gasteiger charge is 2.23. The van der Waals surface area contributed by atoms with Crippen LogP contribution in [0.25, 0.3) is 0 Å². The number of amides is 1. The Labute approximate surface area is 174 Å². The number of hydrogen-bond donors (Lipinski definition) is 1. The van der Waals surface area contributed by atoms with E-state index >= 15 is 0 Å². The van der Waals surface area contributed by atoms with Crippen LogP contribution in [-0.4, -0.2) is 39.4 Å². The normalized spacial score (nSPS) is 11.2. The number of para-hydroxylation sites is 1. The molecule has 1 amide bonds. The fraction of sp³-hybridized carbons (Fsp3) is 0.316. The van der Waals surface area contributed by atoms with Crippen LogP contribution < -0.4 is 9.62 Å². The summed E-state index contributed by atoms with van der Waals surface area (Å²) < 4.78 is 38.6. The zero-order valence-electron chi connectivity index (χ0n) is 15.4. The summed E-state index contributed by atoms with van der Waals surface area (Å²) in [6.07, 6.45) is 1.66. The van der Waals surface area contributed by atoms with Crippen molar-refractivity contribution in [2.24, 2.45) is 0 Å². The molecule has 0 unspecified atom stereocenters. The first-order chi connectivity index (χ1) is 13.3. The molecule has 28 heavy (non-hydrogen) atoms. The van der Waals surface area contributed by atoms with Gasteiger partial charge in [-0.15, -0.1) is 0 Å². The van der Waals surface area contributed by atoms with Gasteiger partial charge in [0.05, 0.1) is 11.9 Å². The second-order valence-corrected chi connectivity index (χ2v) is 9.49. The van der Waals surface area contributed by atoms with E-state index < -0.39 is 28.3 Å². The molecule has 2 aromatic rings. The maximum absolute atomic E-state index is 13.9. The van der Waals surface area contributed by atoms with Crippen LogP contribution in [0.1, 0.15) is 12.0 Å². The molecule has 152 valence electrons. The van der Waals surface area contributed by atoms with Crippen molar-refractivity contribution in [2.45, 2.75) is 12.2 Å². The van der Waals surface area contributed by atoms with E-state index in [-0.39, 0.29) is 5.69 Å². The van der Waals surface area contributed by atoms with E-state index in [2.05, 4.69) is 5.32 Å². The van der Waals surface area contributed by atoms with Crippen LogP contribution in [0.4, 0.5) is 10.1 Å². The molecular weight excluding hydrogens is 423 g/mol. The number of nitrogens with zero attached hydrogens (tertiary/aromatic N) is 1. The highest BCUT2D eigenvalue weighted by atomic mass is 35.5. The molecule has 0 heterocycles. The molecule has 0 spiro atoms. The first kappa shape index (κ1) is 22.5. The van der Waals surface area contributed by atoms with Gasteiger partial charge in [-0.25, -0.2) is 12.8 Å². The van der Waals surface area contributed by atoms with Gasteiger partial charge in [0.1, 0.15) is 12.4 Å². The number of benzene rings is 2. The fourth-order valence-electron chi connectivity index (χ4n) is 2.42. The summed E-state index contributed by atoms with van der Waals surface area (Å²) in [6, 6.07) is 13.1. The summed E-state index contributed by atoms with van der Waals surface area (Å²) in [5, 5.41) is 3.41. The summed E-state index contributed by atoms with van der Waals surface area (Å²) >= 11 is 7.80. The molecule has 0 atom stereocenters. The summed E-state index contributed by atoms with van der Waals surface area (Å²) in [6.45, 7) is -0.0598. The summed E-state index contributed by atoms with van der Waals surface area (Å²) in [5.74, 6) is 0.415. The number of thioether (sulfide) groups is 1. The van der Waals surface area contributed by atoms with Gasteiger partial charge in [0.25, 0.3) is 0 Å². The van der Waals surface area contributed by atoms with Crippen LogP contribution >= 0.6 is 23.4 Å². The monoisotopic (exact) mass is 444 g/mol. The molecule has 0 aromatic heterocycles. The lowest BCUT2D eigenvalue weighted by Gasteiger charge is -2.22. The van der Waals surface area contributed by atoms with E-state index in [1.165, 1.54) is 18.2 Å². The Morgan fingerprint density at radius 2 is 1.86 bits per heavy atom. The van der Waals surface area contributed by atoms with Crippen molar-refractivity contribution in [1.29, 1.82) is 0 Å². The largest absolute Gasteiger partial charge is 0.354 e. The average Bonchev–Trinajstić information content (AvgIpc) is 2.64. The van der Waals surface area contributed by atoms with E-state index in [9.17, 15) is 17.6 Å². The van der Waals surface area contributed by atoms with Gasteiger partial charge < -0.3 is 5.32 Å². The molecular formula is C19H22ClFN2O3S2. The molecule has 5 nitrogen and oxygen atoms in total. The van der Waals surface area contributed by atoms with Crippen molar-refractivity contribution < 1.29 is 17.6 Å². The van der Waals surface area contributed by atoms with E-state index in [0.717, 1.165) is 45.1 Å². The van der Waals surface area contributed by atoms with E-state index in [1.807, 2.05) is 24.3 Å². The number of sulfonamides is 1. The molecule has 0 aliphatic heterocycles. The van der Waals surface area contributed by atoms with Gasteiger partial charge >= 0.3 is 0 Å². The molecule has 0 aliphatic rings. The third-order valence-electron chi connectivity index (χ3n) is 3.81. The lowest BCUT2D eigenvalue weighted by Crippen LogP contribution is -2.41. The number of nitrogens with one attached hydrogen (secondary N) is 1. The lowest BCUT2D eigenvalue weighted by molar-refractivity contribution is -0.119. The number of rotatable bonds is 10. The first-order valence-corrected chi connectivity index (χ1v) is 12.0. The van der Waals surface area contributed by atoms with Crippen molar-refractivity contribution in [3.63, 3.8) is 0 Å². The van der Waals surface area contributed by atoms with Crippen LogP contribution in [0.3, 0.4) is 0 Å². The van der Waals surface area contributed by atoms with Crippen LogP contribution in [-0.2, 0) is 20.6 Å². The molecule has 0 bridgehead atoms. The molecule has 1 N–H and O–H groups in total. The highest BCUT2D eigenvalue weighted by molar-refractivity contribution is 7.98. The first-order valence-electron chi connectivity index (χ1n) is 8.59. The Morgan fingerprint density at radius 1 is 1.18 bits per heavy atom. The third-order valence-corrected chi connectivity index (χ3v) is 6.40. The standard InChI is InChI=1S/C19H22ClFN2O3S2/c1-28(25,26)23(18-10-5-4-9-17(18)21)13-19(24)22-11-6-12-27-14-15-7-2-3-8-16(15)20/h2-5,7-10H,6,11-14H2,1H3,(H,22,24). The lowest BCUT2D eigenvalue weighted by atomic mass is 10.2. The Hall–Kier alpha value is -1.77. The van der Waals surface area contributed by atoms with Crippen molar-refractivity contribution in [3.05, 3.63) is 64.9 Å². The van der Waals surface area contributed by atoms with Crippen LogP contribution in [0, 0.1) is 5.82 Å². The number of carbonyl (C=O) groups is 1. The Balaban J connectivity index is 1.77. The third kappa shape index (κ3) is 7.00. The molecule has 0 aliphatic carbocycles. The average molecular weight is 445 g/mol. The minimum Gasteiger partial charge on any atom is -0.354 e. The predicted molar refractivity (Wildman–Crippen MR) is 114 cm³/mol. The second kappa shape index (κ2) is 10.7. The van der Waals surface area contributed by atoms with Crippen LogP contribution in [0.5, 0.6) is 0 Å². The molecule has 2 rings (SSSR count). The number of hydrogen-bond acceptors (Lipinski definition) is 4. The van der Waals surface area contributed by atoms with Crippen LogP contribution in [0.2, 0.25) is 5.02 Å². The summed E-state index contributed by atoms with van der Waals surface area (Å²) in [7, 11) is -3.79. The van der Waals surface area contributed by atoms with Gasteiger partial charge in [-0.3, -0.25) is 9.10 Å². The highest BCUT2D eigenvalue weighted by Crippen LogP contribution is 2.22. The predicted octanol–water partition coefficient (Wildman–Crippen LogP) is 3.68. The number of halogens is 2. The number of anilines is 1. The van der Waals surface area contributed by atoms with Crippen molar-refractivity contribution in [3.8, 4) is 0 Å². The maximum atomic E-state index is 13.9. The molecule has 2 aromatic carbocycles. The Bertz CT molecular complexity index is 910. The Kier molecular flexibility index (Phi) is 8.59. The van der Waals surface area contributed by atoms with Gasteiger partial charge in [0.15, 0.2) is 0 Å². The van der Waals surface area contributed by atoms with Gasteiger partial charge in [0.2, 0.25) is 15.9 Å². The molecule has 0 fully saturated rings. The van der Waals surface area contributed by atoms with E-state index in [4.69, 9.17) is 11.6 Å². The van der Waals surface area contributed by atoms with Crippen molar-refractivity contribution in [1.82, 2.24) is 5.32 Å².